The minimum atomic E-state index is -0.634. The van der Waals surface area contributed by atoms with E-state index in [1.54, 1.807) is 36.4 Å². The lowest BCUT2D eigenvalue weighted by Gasteiger charge is -2.12. The van der Waals surface area contributed by atoms with E-state index in [0.29, 0.717) is 5.56 Å². The molecule has 0 unspecified atom stereocenters. The smallest absolute Gasteiger partial charge is 0.271 e. The number of nitro benzene ring substituents is 1. The van der Waals surface area contributed by atoms with Gasteiger partial charge in [0.25, 0.3) is 23.4 Å². The Kier molecular flexibility index (Phi) is 6.73. The monoisotopic (exact) mass is 482 g/mol. The zero-order valence-corrected chi connectivity index (χ0v) is 17.4. The lowest BCUT2D eigenvalue weighted by atomic mass is 10.1. The number of halogens is 1. The summed E-state index contributed by atoms with van der Waals surface area (Å²) < 4.78 is 0.811. The maximum absolute atomic E-state index is 12.5. The fourth-order valence-corrected chi connectivity index (χ4v) is 2.84. The fraction of sp³-hybridized carbons (Fsp3) is 0. The van der Waals surface area contributed by atoms with Crippen molar-refractivity contribution in [1.82, 2.24) is 10.9 Å². The third kappa shape index (κ3) is 5.52. The largest absolute Gasteiger partial charge is 0.321 e. The summed E-state index contributed by atoms with van der Waals surface area (Å²) in [5.41, 5.74) is 5.35. The molecule has 0 bridgehead atoms. The molecule has 9 nitrogen and oxygen atoms in total. The summed E-state index contributed by atoms with van der Waals surface area (Å²) in [4.78, 5) is 47.3. The summed E-state index contributed by atoms with van der Waals surface area (Å²) in [6.07, 6.45) is 0. The fourth-order valence-electron chi connectivity index (χ4n) is 2.57. The maximum atomic E-state index is 12.5. The minimum absolute atomic E-state index is 0.119. The molecule has 3 rings (SSSR count). The molecule has 0 saturated heterocycles. The van der Waals surface area contributed by atoms with E-state index >= 15 is 0 Å². The Hall–Kier alpha value is -4.05. The molecule has 0 spiro atoms. The summed E-state index contributed by atoms with van der Waals surface area (Å²) >= 11 is 3.28. The van der Waals surface area contributed by atoms with Crippen molar-refractivity contribution in [3.63, 3.8) is 0 Å². The minimum Gasteiger partial charge on any atom is -0.321 e. The predicted octanol–water partition coefficient (Wildman–Crippen LogP) is 3.68. The van der Waals surface area contributed by atoms with Gasteiger partial charge in [-0.25, -0.2) is 0 Å². The highest BCUT2D eigenvalue weighted by atomic mass is 79.9. The molecule has 0 saturated carbocycles. The lowest BCUT2D eigenvalue weighted by molar-refractivity contribution is -0.384. The normalized spacial score (nSPS) is 10.1. The van der Waals surface area contributed by atoms with Gasteiger partial charge in [0.1, 0.15) is 0 Å². The molecule has 156 valence electrons. The standard InChI is InChI=1S/C21H15BrN4O5/c22-15-9-5-14(6-10-15)20(28)24-25-21(29)17-3-1-2-4-18(17)23-19(27)13-7-11-16(12-8-13)26(30)31/h1-12H,(H,23,27)(H,24,28)(H,25,29). The number of nitrogens with one attached hydrogen (secondary N) is 3. The Balaban J connectivity index is 1.68. The van der Waals surface area contributed by atoms with Gasteiger partial charge in [-0.2, -0.15) is 0 Å². The second-order valence-corrected chi connectivity index (χ2v) is 7.13. The molecule has 0 aliphatic heterocycles. The Morgan fingerprint density at radius 1 is 0.742 bits per heavy atom. The third-order valence-corrected chi connectivity index (χ3v) is 4.68. The molecule has 0 fully saturated rings. The average molecular weight is 483 g/mol. The van der Waals surface area contributed by atoms with E-state index in [9.17, 15) is 24.5 Å². The average Bonchev–Trinajstić information content (AvgIpc) is 2.78. The number of rotatable bonds is 5. The Bertz CT molecular complexity index is 1150. The van der Waals surface area contributed by atoms with Crippen LogP contribution in [-0.4, -0.2) is 22.6 Å². The van der Waals surface area contributed by atoms with Crippen molar-refractivity contribution in [2.75, 3.05) is 5.32 Å². The van der Waals surface area contributed by atoms with Crippen LogP contribution in [-0.2, 0) is 0 Å². The number of para-hydroxylation sites is 1. The van der Waals surface area contributed by atoms with Crippen molar-refractivity contribution in [2.24, 2.45) is 0 Å². The molecule has 0 aromatic heterocycles. The van der Waals surface area contributed by atoms with Crippen LogP contribution >= 0.6 is 15.9 Å². The number of carbonyl (C=O) groups is 3. The van der Waals surface area contributed by atoms with Crippen LogP contribution in [0.25, 0.3) is 0 Å². The van der Waals surface area contributed by atoms with Gasteiger partial charge in [-0.05, 0) is 48.5 Å². The van der Waals surface area contributed by atoms with Gasteiger partial charge < -0.3 is 5.32 Å². The van der Waals surface area contributed by atoms with Gasteiger partial charge in [0.15, 0.2) is 0 Å². The van der Waals surface area contributed by atoms with Crippen LogP contribution in [0.5, 0.6) is 0 Å². The molecule has 0 aliphatic rings. The number of nitro groups is 1. The number of nitrogens with zero attached hydrogens (tertiary/aromatic N) is 1. The molecule has 10 heteroatoms. The second-order valence-electron chi connectivity index (χ2n) is 6.22. The summed E-state index contributed by atoms with van der Waals surface area (Å²) in [6, 6.07) is 17.9. The SMILES string of the molecule is O=C(NNC(=O)c1ccccc1NC(=O)c1ccc([N+](=O)[O-])cc1)c1ccc(Br)cc1. The summed E-state index contributed by atoms with van der Waals surface area (Å²) in [5.74, 6) is -1.69. The lowest BCUT2D eigenvalue weighted by Crippen LogP contribution is -2.41. The van der Waals surface area contributed by atoms with Crippen molar-refractivity contribution >= 4 is 45.0 Å². The first-order valence-electron chi connectivity index (χ1n) is 8.86. The van der Waals surface area contributed by atoms with Crippen molar-refractivity contribution in [1.29, 1.82) is 0 Å². The van der Waals surface area contributed by atoms with Gasteiger partial charge >= 0.3 is 0 Å². The van der Waals surface area contributed by atoms with E-state index in [1.807, 2.05) is 0 Å². The van der Waals surface area contributed by atoms with Crippen molar-refractivity contribution in [3.05, 3.63) is 104 Å². The van der Waals surface area contributed by atoms with Crippen molar-refractivity contribution in [3.8, 4) is 0 Å². The molecule has 3 aromatic carbocycles. The van der Waals surface area contributed by atoms with E-state index in [4.69, 9.17) is 0 Å². The molecule has 0 radical (unpaired) electrons. The van der Waals surface area contributed by atoms with Crippen LogP contribution < -0.4 is 16.2 Å². The van der Waals surface area contributed by atoms with Crippen molar-refractivity contribution < 1.29 is 19.3 Å². The molecule has 3 aromatic rings. The molecule has 0 atom stereocenters. The molecular weight excluding hydrogens is 468 g/mol. The number of hydrazine groups is 1. The summed E-state index contributed by atoms with van der Waals surface area (Å²) in [6.45, 7) is 0. The van der Waals surface area contributed by atoms with Crippen LogP contribution in [0.2, 0.25) is 0 Å². The number of hydrogen-bond acceptors (Lipinski definition) is 5. The summed E-state index contributed by atoms with van der Waals surface area (Å²) in [5, 5.41) is 13.3. The van der Waals surface area contributed by atoms with Crippen LogP contribution in [0, 0.1) is 10.1 Å². The van der Waals surface area contributed by atoms with Gasteiger partial charge in [-0.3, -0.25) is 35.3 Å². The van der Waals surface area contributed by atoms with Gasteiger partial charge in [-0.1, -0.05) is 28.1 Å². The zero-order valence-electron chi connectivity index (χ0n) is 15.8. The molecule has 3 N–H and O–H groups in total. The molecule has 31 heavy (non-hydrogen) atoms. The highest BCUT2D eigenvalue weighted by Crippen LogP contribution is 2.18. The van der Waals surface area contributed by atoms with Crippen LogP contribution in [0.3, 0.4) is 0 Å². The van der Waals surface area contributed by atoms with Crippen LogP contribution in [0.4, 0.5) is 11.4 Å². The van der Waals surface area contributed by atoms with Crippen LogP contribution in [0.1, 0.15) is 31.1 Å². The molecule has 0 heterocycles. The Morgan fingerprint density at radius 2 is 1.29 bits per heavy atom. The molecule has 3 amide bonds. The third-order valence-electron chi connectivity index (χ3n) is 4.16. The summed E-state index contributed by atoms with van der Waals surface area (Å²) in [7, 11) is 0. The first-order chi connectivity index (χ1) is 14.8. The molecular formula is C21H15BrN4O5. The second kappa shape index (κ2) is 9.63. The maximum Gasteiger partial charge on any atom is 0.271 e. The van der Waals surface area contributed by atoms with Crippen molar-refractivity contribution in [2.45, 2.75) is 0 Å². The highest BCUT2D eigenvalue weighted by molar-refractivity contribution is 9.10. The van der Waals surface area contributed by atoms with E-state index in [2.05, 4.69) is 32.1 Å². The number of carbonyl (C=O) groups excluding carboxylic acids is 3. The van der Waals surface area contributed by atoms with Gasteiger partial charge in [0, 0.05) is 27.7 Å². The number of amides is 3. The Labute approximate surface area is 184 Å². The van der Waals surface area contributed by atoms with Gasteiger partial charge in [0.2, 0.25) is 0 Å². The first kappa shape index (κ1) is 21.7. The quantitative estimate of drug-likeness (QED) is 0.377. The number of benzene rings is 3. The highest BCUT2D eigenvalue weighted by Gasteiger charge is 2.16. The van der Waals surface area contributed by atoms with E-state index in [0.717, 1.165) is 4.47 Å². The zero-order chi connectivity index (χ0) is 22.4. The topological polar surface area (TPSA) is 130 Å². The van der Waals surface area contributed by atoms with Gasteiger partial charge in [-0.15, -0.1) is 0 Å². The Morgan fingerprint density at radius 3 is 1.94 bits per heavy atom. The first-order valence-corrected chi connectivity index (χ1v) is 9.65. The number of anilines is 1. The number of non-ortho nitro benzene ring substituents is 1. The van der Waals surface area contributed by atoms with Gasteiger partial charge in [0.05, 0.1) is 16.2 Å². The van der Waals surface area contributed by atoms with Crippen LogP contribution in [0.15, 0.2) is 77.3 Å². The van der Waals surface area contributed by atoms with E-state index in [-0.39, 0.29) is 22.5 Å². The predicted molar refractivity (Wildman–Crippen MR) is 117 cm³/mol. The van der Waals surface area contributed by atoms with E-state index in [1.165, 1.54) is 36.4 Å². The van der Waals surface area contributed by atoms with E-state index < -0.39 is 22.6 Å². The molecule has 0 aliphatic carbocycles. The number of hydrogen-bond donors (Lipinski definition) is 3.